The van der Waals surface area contributed by atoms with Crippen molar-refractivity contribution in [1.82, 2.24) is 4.98 Å². The summed E-state index contributed by atoms with van der Waals surface area (Å²) in [4.78, 5) is 15.6. The fourth-order valence-corrected chi connectivity index (χ4v) is 1.37. The largest absolute Gasteiger partial charge is 0.383 e. The number of ketones is 1. The van der Waals surface area contributed by atoms with E-state index in [1.54, 1.807) is 6.07 Å². The van der Waals surface area contributed by atoms with Crippen LogP contribution in [0.25, 0.3) is 0 Å². The molecule has 4 heteroatoms. The number of pyridine rings is 1. The minimum absolute atomic E-state index is 0.0328. The third kappa shape index (κ3) is 3.02. The van der Waals surface area contributed by atoms with Crippen LogP contribution in [-0.2, 0) is 6.42 Å². The van der Waals surface area contributed by atoms with E-state index in [0.717, 1.165) is 18.5 Å². The average Bonchev–Trinajstić information content (AvgIpc) is 2.25. The van der Waals surface area contributed by atoms with Gasteiger partial charge in [-0.25, -0.2) is 4.98 Å². The Kier molecular flexibility index (Phi) is 4.24. The Bertz CT molecular complexity index is 350. The first-order valence-electron chi connectivity index (χ1n) is 5.17. The zero-order valence-electron chi connectivity index (χ0n) is 8.99. The molecule has 0 aromatic carbocycles. The molecule has 0 amide bonds. The zero-order chi connectivity index (χ0) is 11.3. The van der Waals surface area contributed by atoms with Crippen molar-refractivity contribution >= 4 is 11.6 Å². The summed E-state index contributed by atoms with van der Waals surface area (Å²) >= 11 is 0. The van der Waals surface area contributed by atoms with E-state index in [4.69, 9.17) is 11.5 Å². The summed E-state index contributed by atoms with van der Waals surface area (Å²) in [6, 6.07) is 3.59. The van der Waals surface area contributed by atoms with E-state index in [1.165, 1.54) is 0 Å². The molecule has 0 fully saturated rings. The SMILES string of the molecule is CCC(=O)c1ccc(CCCN)nc1N. The molecule has 0 aliphatic carbocycles. The molecule has 15 heavy (non-hydrogen) atoms. The Balaban J connectivity index is 2.83. The Morgan fingerprint density at radius 3 is 2.73 bits per heavy atom. The van der Waals surface area contributed by atoms with Crippen LogP contribution in [0.4, 0.5) is 5.82 Å². The standard InChI is InChI=1S/C11H17N3O/c1-2-10(15)9-6-5-8(4-3-7-12)14-11(9)13/h5-6H,2-4,7,12H2,1H3,(H2,13,14). The van der Waals surface area contributed by atoms with E-state index in [2.05, 4.69) is 4.98 Å². The number of nitrogen functional groups attached to an aromatic ring is 1. The number of carbonyl (C=O) groups excluding carboxylic acids is 1. The molecule has 0 radical (unpaired) electrons. The highest BCUT2D eigenvalue weighted by molar-refractivity contribution is 5.99. The maximum atomic E-state index is 11.4. The highest BCUT2D eigenvalue weighted by Gasteiger charge is 2.08. The van der Waals surface area contributed by atoms with Crippen LogP contribution in [-0.4, -0.2) is 17.3 Å². The molecule has 4 N–H and O–H groups in total. The molecule has 0 aliphatic heterocycles. The zero-order valence-corrected chi connectivity index (χ0v) is 8.99. The van der Waals surface area contributed by atoms with Crippen LogP contribution < -0.4 is 11.5 Å². The lowest BCUT2D eigenvalue weighted by atomic mass is 10.1. The van der Waals surface area contributed by atoms with Gasteiger partial charge in [-0.05, 0) is 31.5 Å². The summed E-state index contributed by atoms with van der Waals surface area (Å²) in [5, 5.41) is 0. The van der Waals surface area contributed by atoms with Gasteiger partial charge in [-0.3, -0.25) is 4.79 Å². The Hall–Kier alpha value is -1.42. The highest BCUT2D eigenvalue weighted by Crippen LogP contribution is 2.13. The van der Waals surface area contributed by atoms with Gasteiger partial charge in [0.15, 0.2) is 5.78 Å². The number of hydrogen-bond acceptors (Lipinski definition) is 4. The van der Waals surface area contributed by atoms with Gasteiger partial charge < -0.3 is 11.5 Å². The van der Waals surface area contributed by atoms with Gasteiger partial charge in [-0.2, -0.15) is 0 Å². The summed E-state index contributed by atoms with van der Waals surface area (Å²) in [5.41, 5.74) is 12.5. The van der Waals surface area contributed by atoms with E-state index in [-0.39, 0.29) is 5.78 Å². The van der Waals surface area contributed by atoms with Crippen LogP contribution in [0.5, 0.6) is 0 Å². The average molecular weight is 207 g/mol. The second kappa shape index (κ2) is 5.46. The molecule has 82 valence electrons. The Morgan fingerprint density at radius 2 is 2.20 bits per heavy atom. The Labute approximate surface area is 89.7 Å². The van der Waals surface area contributed by atoms with Gasteiger partial charge in [-0.15, -0.1) is 0 Å². The van der Waals surface area contributed by atoms with Crippen LogP contribution in [0, 0.1) is 0 Å². The molecule has 1 aromatic rings. The predicted molar refractivity (Wildman–Crippen MR) is 60.6 cm³/mol. The summed E-state index contributed by atoms with van der Waals surface area (Å²) in [6.45, 7) is 2.45. The third-order valence-corrected chi connectivity index (χ3v) is 2.24. The van der Waals surface area contributed by atoms with Crippen molar-refractivity contribution in [2.24, 2.45) is 5.73 Å². The molecule has 1 heterocycles. The predicted octanol–water partition coefficient (Wildman–Crippen LogP) is 1.15. The van der Waals surface area contributed by atoms with Gasteiger partial charge in [0.2, 0.25) is 0 Å². The number of Topliss-reactive ketones (excluding diaryl/α,β-unsaturated/α-hetero) is 1. The minimum atomic E-state index is 0.0328. The normalized spacial score (nSPS) is 10.3. The van der Waals surface area contributed by atoms with Crippen LogP contribution in [0.1, 0.15) is 35.8 Å². The lowest BCUT2D eigenvalue weighted by molar-refractivity contribution is 0.0988. The molecule has 0 saturated heterocycles. The number of nitrogens with two attached hydrogens (primary N) is 2. The topological polar surface area (TPSA) is 82.0 Å². The molecule has 0 aliphatic rings. The summed E-state index contributed by atoms with van der Waals surface area (Å²) in [5.74, 6) is 0.363. The highest BCUT2D eigenvalue weighted by atomic mass is 16.1. The van der Waals surface area contributed by atoms with Crippen LogP contribution in [0.3, 0.4) is 0 Å². The van der Waals surface area contributed by atoms with Crippen molar-refractivity contribution in [3.8, 4) is 0 Å². The number of aryl methyl sites for hydroxylation is 1. The van der Waals surface area contributed by atoms with Crippen molar-refractivity contribution in [3.63, 3.8) is 0 Å². The molecule has 0 bridgehead atoms. The summed E-state index contributed by atoms with van der Waals surface area (Å²) in [7, 11) is 0. The minimum Gasteiger partial charge on any atom is -0.383 e. The van der Waals surface area contributed by atoms with E-state index in [1.807, 2.05) is 13.0 Å². The van der Waals surface area contributed by atoms with Gasteiger partial charge in [0.1, 0.15) is 5.82 Å². The smallest absolute Gasteiger partial charge is 0.166 e. The molecule has 0 atom stereocenters. The summed E-state index contributed by atoms with van der Waals surface area (Å²) < 4.78 is 0. The molecule has 0 saturated carbocycles. The molecule has 4 nitrogen and oxygen atoms in total. The lowest BCUT2D eigenvalue weighted by Crippen LogP contribution is -2.07. The van der Waals surface area contributed by atoms with E-state index >= 15 is 0 Å². The van der Waals surface area contributed by atoms with Crippen molar-refractivity contribution in [1.29, 1.82) is 0 Å². The van der Waals surface area contributed by atoms with Crippen molar-refractivity contribution in [2.75, 3.05) is 12.3 Å². The molecule has 0 unspecified atom stereocenters. The van der Waals surface area contributed by atoms with Crippen molar-refractivity contribution < 1.29 is 4.79 Å². The van der Waals surface area contributed by atoms with Gasteiger partial charge in [0.25, 0.3) is 0 Å². The quantitative estimate of drug-likeness (QED) is 0.709. The first-order valence-corrected chi connectivity index (χ1v) is 5.17. The number of aromatic nitrogens is 1. The van der Waals surface area contributed by atoms with Crippen LogP contribution in [0.15, 0.2) is 12.1 Å². The number of hydrogen-bond donors (Lipinski definition) is 2. The Morgan fingerprint density at radius 1 is 1.47 bits per heavy atom. The van der Waals surface area contributed by atoms with Crippen molar-refractivity contribution in [3.05, 3.63) is 23.4 Å². The first kappa shape index (κ1) is 11.7. The maximum absolute atomic E-state index is 11.4. The number of carbonyl (C=O) groups is 1. The molecule has 0 spiro atoms. The molecule has 1 aromatic heterocycles. The molecular weight excluding hydrogens is 190 g/mol. The first-order chi connectivity index (χ1) is 7.19. The second-order valence-electron chi connectivity index (χ2n) is 3.40. The van der Waals surface area contributed by atoms with E-state index in [0.29, 0.717) is 24.3 Å². The lowest BCUT2D eigenvalue weighted by Gasteiger charge is -2.05. The number of anilines is 1. The molecule has 1 rings (SSSR count). The number of rotatable bonds is 5. The van der Waals surface area contributed by atoms with Gasteiger partial charge in [0.05, 0.1) is 5.56 Å². The van der Waals surface area contributed by atoms with Gasteiger partial charge >= 0.3 is 0 Å². The third-order valence-electron chi connectivity index (χ3n) is 2.24. The summed E-state index contributed by atoms with van der Waals surface area (Å²) in [6.07, 6.45) is 2.14. The number of nitrogens with zero attached hydrogens (tertiary/aromatic N) is 1. The van der Waals surface area contributed by atoms with Crippen LogP contribution >= 0.6 is 0 Å². The fraction of sp³-hybridized carbons (Fsp3) is 0.455. The van der Waals surface area contributed by atoms with Gasteiger partial charge in [0, 0.05) is 12.1 Å². The fourth-order valence-electron chi connectivity index (χ4n) is 1.37. The second-order valence-corrected chi connectivity index (χ2v) is 3.40. The van der Waals surface area contributed by atoms with E-state index < -0.39 is 0 Å². The molecular formula is C11H17N3O. The van der Waals surface area contributed by atoms with Crippen LogP contribution in [0.2, 0.25) is 0 Å². The maximum Gasteiger partial charge on any atom is 0.166 e. The van der Waals surface area contributed by atoms with Crippen molar-refractivity contribution in [2.45, 2.75) is 26.2 Å². The van der Waals surface area contributed by atoms with Gasteiger partial charge in [-0.1, -0.05) is 6.92 Å². The monoisotopic (exact) mass is 207 g/mol. The van der Waals surface area contributed by atoms with E-state index in [9.17, 15) is 4.79 Å².